The summed E-state index contributed by atoms with van der Waals surface area (Å²) >= 11 is 5.89. The fraction of sp³-hybridized carbons (Fsp3) is 0.429. The highest BCUT2D eigenvalue weighted by molar-refractivity contribution is 6.31. The number of nitrogens with zero attached hydrogens (tertiary/aromatic N) is 1. The van der Waals surface area contributed by atoms with E-state index < -0.39 is 17.4 Å². The Morgan fingerprint density at radius 2 is 2.00 bits per heavy atom. The molecule has 0 atom stereocenters. The van der Waals surface area contributed by atoms with Gasteiger partial charge in [-0.2, -0.15) is 0 Å². The van der Waals surface area contributed by atoms with Crippen LogP contribution in [0.5, 0.6) is 5.75 Å². The Kier molecular flexibility index (Phi) is 5.00. The molecule has 0 aliphatic carbocycles. The summed E-state index contributed by atoms with van der Waals surface area (Å²) < 4.78 is 5.36. The van der Waals surface area contributed by atoms with Crippen LogP contribution < -0.4 is 4.74 Å². The van der Waals surface area contributed by atoms with Crippen LogP contribution in [0.1, 0.15) is 19.4 Å². The third-order valence-electron chi connectivity index (χ3n) is 3.23. The quantitative estimate of drug-likeness (QED) is 0.906. The number of ether oxygens (including phenoxy) is 1. The van der Waals surface area contributed by atoms with Gasteiger partial charge >= 0.3 is 5.97 Å². The van der Waals surface area contributed by atoms with Gasteiger partial charge in [-0.1, -0.05) is 11.6 Å². The summed E-state index contributed by atoms with van der Waals surface area (Å²) in [4.78, 5) is 24.2. The zero-order valence-electron chi connectivity index (χ0n) is 11.9. The smallest absolute Gasteiger partial charge is 0.329 e. The summed E-state index contributed by atoms with van der Waals surface area (Å²) in [5.41, 5.74) is -0.438. The van der Waals surface area contributed by atoms with Crippen molar-refractivity contribution in [2.24, 2.45) is 0 Å². The zero-order chi connectivity index (χ0) is 15.5. The number of aliphatic carboxylic acids is 1. The number of aryl methyl sites for hydroxylation is 1. The molecule has 0 fully saturated rings. The SMILES string of the molecule is Cc1cc(OCC(=O)N(C)C(C)(C)C(=O)O)ccc1Cl. The molecule has 0 saturated carbocycles. The van der Waals surface area contributed by atoms with Crippen molar-refractivity contribution in [1.82, 2.24) is 4.90 Å². The molecule has 6 heteroatoms. The van der Waals surface area contributed by atoms with E-state index in [1.54, 1.807) is 18.2 Å². The Hall–Kier alpha value is -1.75. The Bertz CT molecular complexity index is 528. The second kappa shape index (κ2) is 6.13. The van der Waals surface area contributed by atoms with E-state index in [2.05, 4.69) is 0 Å². The third kappa shape index (κ3) is 3.63. The van der Waals surface area contributed by atoms with Crippen molar-refractivity contribution in [2.75, 3.05) is 13.7 Å². The van der Waals surface area contributed by atoms with Crippen molar-refractivity contribution >= 4 is 23.5 Å². The number of carbonyl (C=O) groups excluding carboxylic acids is 1. The largest absolute Gasteiger partial charge is 0.484 e. The number of benzene rings is 1. The lowest BCUT2D eigenvalue weighted by Crippen LogP contribution is -2.52. The van der Waals surface area contributed by atoms with Gasteiger partial charge in [0.15, 0.2) is 6.61 Å². The summed E-state index contributed by atoms with van der Waals surface area (Å²) in [6, 6.07) is 5.06. The van der Waals surface area contributed by atoms with E-state index in [9.17, 15) is 9.59 Å². The molecule has 0 aliphatic rings. The van der Waals surface area contributed by atoms with E-state index in [0.29, 0.717) is 10.8 Å². The number of rotatable bonds is 5. The molecule has 20 heavy (non-hydrogen) atoms. The first-order chi connectivity index (χ1) is 9.16. The fourth-order valence-electron chi connectivity index (χ4n) is 1.40. The maximum absolute atomic E-state index is 11.9. The lowest BCUT2D eigenvalue weighted by Gasteiger charge is -2.31. The van der Waals surface area contributed by atoms with E-state index >= 15 is 0 Å². The van der Waals surface area contributed by atoms with Crippen LogP contribution >= 0.6 is 11.6 Å². The first-order valence-electron chi connectivity index (χ1n) is 6.05. The molecule has 1 N–H and O–H groups in total. The van der Waals surface area contributed by atoms with Gasteiger partial charge < -0.3 is 14.7 Å². The first kappa shape index (κ1) is 16.3. The second-order valence-electron chi connectivity index (χ2n) is 5.02. The minimum atomic E-state index is -1.28. The van der Waals surface area contributed by atoms with E-state index in [4.69, 9.17) is 21.4 Å². The Labute approximate surface area is 123 Å². The van der Waals surface area contributed by atoms with Crippen LogP contribution in [0, 0.1) is 6.92 Å². The highest BCUT2D eigenvalue weighted by Crippen LogP contribution is 2.21. The molecule has 0 aliphatic heterocycles. The normalized spacial score (nSPS) is 11.1. The average Bonchev–Trinajstić information content (AvgIpc) is 2.38. The first-order valence-corrected chi connectivity index (χ1v) is 6.43. The standard InChI is InChI=1S/C14H18ClNO4/c1-9-7-10(5-6-11(9)15)20-8-12(17)16(4)14(2,3)13(18)19/h5-7H,8H2,1-4H3,(H,18,19). The van der Waals surface area contributed by atoms with Gasteiger partial charge in [0.05, 0.1) is 0 Å². The minimum Gasteiger partial charge on any atom is -0.484 e. The molecular formula is C14H18ClNO4. The van der Waals surface area contributed by atoms with Crippen LogP contribution in [0.4, 0.5) is 0 Å². The van der Waals surface area contributed by atoms with Crippen molar-refractivity contribution < 1.29 is 19.4 Å². The van der Waals surface area contributed by atoms with Crippen LogP contribution in [-0.4, -0.2) is 41.1 Å². The third-order valence-corrected chi connectivity index (χ3v) is 3.65. The van der Waals surface area contributed by atoms with Crippen molar-refractivity contribution in [1.29, 1.82) is 0 Å². The number of carboxylic acid groups (broad SMARTS) is 1. The molecule has 0 radical (unpaired) electrons. The number of hydrogen-bond donors (Lipinski definition) is 1. The Balaban J connectivity index is 2.67. The van der Waals surface area contributed by atoms with Crippen LogP contribution in [0.3, 0.4) is 0 Å². The number of carbonyl (C=O) groups is 2. The van der Waals surface area contributed by atoms with Crippen LogP contribution in [0.15, 0.2) is 18.2 Å². The van der Waals surface area contributed by atoms with Crippen molar-refractivity contribution in [3.63, 3.8) is 0 Å². The molecule has 1 aromatic carbocycles. The van der Waals surface area contributed by atoms with Gasteiger partial charge in [0.25, 0.3) is 5.91 Å². The summed E-state index contributed by atoms with van der Waals surface area (Å²) in [5.74, 6) is -0.970. The average molecular weight is 300 g/mol. The molecule has 5 nitrogen and oxygen atoms in total. The number of halogens is 1. The van der Waals surface area contributed by atoms with Crippen LogP contribution in [-0.2, 0) is 9.59 Å². The van der Waals surface area contributed by atoms with Crippen molar-refractivity contribution in [3.05, 3.63) is 28.8 Å². The Morgan fingerprint density at radius 1 is 1.40 bits per heavy atom. The number of amides is 1. The molecule has 0 spiro atoms. The molecule has 1 aromatic rings. The summed E-state index contributed by atoms with van der Waals surface area (Å²) in [6.45, 7) is 4.52. The molecular weight excluding hydrogens is 282 g/mol. The van der Waals surface area contributed by atoms with E-state index in [1.807, 2.05) is 6.92 Å². The van der Waals surface area contributed by atoms with Gasteiger partial charge in [-0.05, 0) is 44.5 Å². The molecule has 0 saturated heterocycles. The van der Waals surface area contributed by atoms with E-state index in [0.717, 1.165) is 10.5 Å². The van der Waals surface area contributed by atoms with Gasteiger partial charge in [0.2, 0.25) is 0 Å². The van der Waals surface area contributed by atoms with Gasteiger partial charge in [-0.15, -0.1) is 0 Å². The lowest BCUT2D eigenvalue weighted by atomic mass is 10.0. The zero-order valence-corrected chi connectivity index (χ0v) is 12.7. The maximum Gasteiger partial charge on any atom is 0.329 e. The highest BCUT2D eigenvalue weighted by Gasteiger charge is 2.35. The molecule has 0 aromatic heterocycles. The molecule has 0 unspecified atom stereocenters. The molecule has 1 rings (SSSR count). The number of hydrogen-bond acceptors (Lipinski definition) is 3. The van der Waals surface area contributed by atoms with Gasteiger partial charge in [0.1, 0.15) is 11.3 Å². The second-order valence-corrected chi connectivity index (χ2v) is 5.42. The van der Waals surface area contributed by atoms with Crippen molar-refractivity contribution in [3.8, 4) is 5.75 Å². The number of likely N-dealkylation sites (N-methyl/N-ethyl adjacent to an activating group) is 1. The summed E-state index contributed by atoms with van der Waals surface area (Å²) in [7, 11) is 1.44. The van der Waals surface area contributed by atoms with E-state index in [-0.39, 0.29) is 6.61 Å². The number of carboxylic acids is 1. The lowest BCUT2D eigenvalue weighted by molar-refractivity contribution is -0.156. The Morgan fingerprint density at radius 3 is 2.50 bits per heavy atom. The molecule has 110 valence electrons. The fourth-order valence-corrected chi connectivity index (χ4v) is 1.52. The predicted octanol–water partition coefficient (Wildman–Crippen LogP) is 2.35. The molecule has 0 bridgehead atoms. The van der Waals surface area contributed by atoms with Crippen molar-refractivity contribution in [2.45, 2.75) is 26.3 Å². The predicted molar refractivity (Wildman–Crippen MR) is 76.2 cm³/mol. The van der Waals surface area contributed by atoms with Gasteiger partial charge in [-0.3, -0.25) is 4.79 Å². The van der Waals surface area contributed by atoms with Crippen LogP contribution in [0.25, 0.3) is 0 Å². The summed E-state index contributed by atoms with van der Waals surface area (Å²) in [5, 5.41) is 9.68. The van der Waals surface area contributed by atoms with Gasteiger partial charge in [-0.25, -0.2) is 4.79 Å². The minimum absolute atomic E-state index is 0.228. The topological polar surface area (TPSA) is 66.8 Å². The monoisotopic (exact) mass is 299 g/mol. The molecule has 0 heterocycles. The highest BCUT2D eigenvalue weighted by atomic mass is 35.5. The molecule has 1 amide bonds. The van der Waals surface area contributed by atoms with Crippen LogP contribution in [0.2, 0.25) is 5.02 Å². The van der Waals surface area contributed by atoms with E-state index in [1.165, 1.54) is 20.9 Å². The summed E-state index contributed by atoms with van der Waals surface area (Å²) in [6.07, 6.45) is 0. The maximum atomic E-state index is 11.9. The van der Waals surface area contributed by atoms with Gasteiger partial charge in [0, 0.05) is 12.1 Å².